The summed E-state index contributed by atoms with van der Waals surface area (Å²) in [5, 5.41) is 3.37. The molecule has 0 amide bonds. The molecule has 0 spiro atoms. The van der Waals surface area contributed by atoms with Crippen molar-refractivity contribution in [3.63, 3.8) is 0 Å². The van der Waals surface area contributed by atoms with Gasteiger partial charge < -0.3 is 9.88 Å². The summed E-state index contributed by atoms with van der Waals surface area (Å²) >= 11 is 0. The number of carbonyl (C=O) groups is 1. The van der Waals surface area contributed by atoms with Crippen LogP contribution in [0.15, 0.2) is 12.4 Å². The number of rotatable bonds is 5. The average molecular weight is 235 g/mol. The molecular formula is C13H21N3O. The van der Waals surface area contributed by atoms with Gasteiger partial charge >= 0.3 is 0 Å². The van der Waals surface area contributed by atoms with Crippen LogP contribution >= 0.6 is 0 Å². The van der Waals surface area contributed by atoms with E-state index in [1.165, 1.54) is 0 Å². The van der Waals surface area contributed by atoms with Crippen molar-refractivity contribution in [3.05, 3.63) is 18.2 Å². The van der Waals surface area contributed by atoms with Crippen LogP contribution in [0, 0.1) is 0 Å². The van der Waals surface area contributed by atoms with E-state index in [0.717, 1.165) is 38.8 Å². The zero-order valence-corrected chi connectivity index (χ0v) is 10.7. The highest BCUT2D eigenvalue weighted by molar-refractivity contribution is 6.00. The molecule has 1 aliphatic heterocycles. The van der Waals surface area contributed by atoms with Gasteiger partial charge in [-0.2, -0.15) is 0 Å². The third-order valence-electron chi connectivity index (χ3n) is 3.67. The van der Waals surface area contributed by atoms with E-state index < -0.39 is 0 Å². The summed E-state index contributed by atoms with van der Waals surface area (Å²) in [7, 11) is 0. The van der Waals surface area contributed by atoms with Gasteiger partial charge in [0.15, 0.2) is 5.82 Å². The molecule has 1 atom stereocenters. The van der Waals surface area contributed by atoms with Gasteiger partial charge in [0.1, 0.15) is 0 Å². The Kier molecular flexibility index (Phi) is 3.62. The van der Waals surface area contributed by atoms with Crippen LogP contribution in [0.1, 0.15) is 50.1 Å². The maximum Gasteiger partial charge on any atom is 0.218 e. The fourth-order valence-corrected chi connectivity index (χ4v) is 2.62. The number of imidazole rings is 1. The lowest BCUT2D eigenvalue weighted by molar-refractivity contribution is 0.0848. The van der Waals surface area contributed by atoms with Gasteiger partial charge in [-0.25, -0.2) is 4.98 Å². The van der Waals surface area contributed by atoms with Gasteiger partial charge in [0, 0.05) is 18.9 Å². The first-order chi connectivity index (χ1) is 8.23. The monoisotopic (exact) mass is 235 g/mol. The van der Waals surface area contributed by atoms with E-state index in [0.29, 0.717) is 5.82 Å². The van der Waals surface area contributed by atoms with Crippen molar-refractivity contribution in [2.45, 2.75) is 51.6 Å². The standard InChI is InChI=1S/C13H21N3O/c1-3-9-16-10-8-14-12(16)11(17)13(4-2)6-5-7-15-13/h8,10,15H,3-7,9H2,1-2H3. The van der Waals surface area contributed by atoms with Crippen molar-refractivity contribution >= 4 is 5.78 Å². The number of hydrogen-bond donors (Lipinski definition) is 1. The Labute approximate surface area is 102 Å². The largest absolute Gasteiger partial charge is 0.328 e. The molecule has 1 aromatic rings. The zero-order chi connectivity index (χ0) is 12.3. The summed E-state index contributed by atoms with van der Waals surface area (Å²) in [4.78, 5) is 16.9. The van der Waals surface area contributed by atoms with Gasteiger partial charge in [-0.05, 0) is 32.2 Å². The highest BCUT2D eigenvalue weighted by Gasteiger charge is 2.41. The number of Topliss-reactive ketones (excluding diaryl/α,β-unsaturated/α-hetero) is 1. The summed E-state index contributed by atoms with van der Waals surface area (Å²) < 4.78 is 1.97. The molecule has 0 bridgehead atoms. The number of aryl methyl sites for hydroxylation is 1. The van der Waals surface area contributed by atoms with E-state index in [1.807, 2.05) is 10.8 Å². The highest BCUT2D eigenvalue weighted by atomic mass is 16.1. The minimum Gasteiger partial charge on any atom is -0.328 e. The Morgan fingerprint density at radius 3 is 3.00 bits per heavy atom. The second-order valence-corrected chi connectivity index (χ2v) is 4.74. The predicted octanol–water partition coefficient (Wildman–Crippen LogP) is 2.01. The molecule has 1 unspecified atom stereocenters. The molecule has 2 rings (SSSR count). The summed E-state index contributed by atoms with van der Waals surface area (Å²) in [6.07, 6.45) is 7.49. The molecule has 0 radical (unpaired) electrons. The van der Waals surface area contributed by atoms with E-state index in [9.17, 15) is 4.79 Å². The highest BCUT2D eigenvalue weighted by Crippen LogP contribution is 2.26. The lowest BCUT2D eigenvalue weighted by Crippen LogP contribution is -2.48. The van der Waals surface area contributed by atoms with Gasteiger partial charge in [0.05, 0.1) is 5.54 Å². The third-order valence-corrected chi connectivity index (χ3v) is 3.67. The number of carbonyl (C=O) groups excluding carboxylic acids is 1. The summed E-state index contributed by atoms with van der Waals surface area (Å²) in [6, 6.07) is 0. The number of nitrogens with zero attached hydrogens (tertiary/aromatic N) is 2. The van der Waals surface area contributed by atoms with Crippen molar-refractivity contribution in [2.24, 2.45) is 0 Å². The second kappa shape index (κ2) is 5.00. The van der Waals surface area contributed by atoms with Crippen LogP contribution in [-0.2, 0) is 6.54 Å². The maximum atomic E-state index is 12.6. The van der Waals surface area contributed by atoms with Crippen molar-refractivity contribution in [2.75, 3.05) is 6.54 Å². The number of aromatic nitrogens is 2. The normalized spacial score (nSPS) is 24.1. The lowest BCUT2D eigenvalue weighted by Gasteiger charge is -2.26. The Balaban J connectivity index is 2.26. The predicted molar refractivity (Wildman–Crippen MR) is 67.1 cm³/mol. The molecule has 2 heterocycles. The Hall–Kier alpha value is -1.16. The van der Waals surface area contributed by atoms with E-state index in [1.54, 1.807) is 6.20 Å². The Bertz CT molecular complexity index is 391. The van der Waals surface area contributed by atoms with Gasteiger partial charge in [0.25, 0.3) is 0 Å². The van der Waals surface area contributed by atoms with Crippen molar-refractivity contribution in [3.8, 4) is 0 Å². The van der Waals surface area contributed by atoms with Crippen LogP contribution < -0.4 is 5.32 Å². The molecule has 1 saturated heterocycles. The van der Waals surface area contributed by atoms with Crippen molar-refractivity contribution in [1.29, 1.82) is 0 Å². The molecule has 17 heavy (non-hydrogen) atoms. The molecule has 4 nitrogen and oxygen atoms in total. The Morgan fingerprint density at radius 2 is 2.41 bits per heavy atom. The van der Waals surface area contributed by atoms with Gasteiger partial charge in [-0.3, -0.25) is 4.79 Å². The van der Waals surface area contributed by atoms with Crippen LogP contribution in [0.2, 0.25) is 0 Å². The van der Waals surface area contributed by atoms with E-state index in [2.05, 4.69) is 24.1 Å². The van der Waals surface area contributed by atoms with Gasteiger partial charge in [-0.1, -0.05) is 13.8 Å². The quantitative estimate of drug-likeness (QED) is 0.794. The van der Waals surface area contributed by atoms with E-state index in [4.69, 9.17) is 0 Å². The first-order valence-corrected chi connectivity index (χ1v) is 6.54. The first kappa shape index (κ1) is 12.3. The van der Waals surface area contributed by atoms with Crippen LogP contribution in [0.5, 0.6) is 0 Å². The second-order valence-electron chi connectivity index (χ2n) is 4.74. The van der Waals surface area contributed by atoms with Crippen LogP contribution in [0.4, 0.5) is 0 Å². The topological polar surface area (TPSA) is 46.9 Å². The van der Waals surface area contributed by atoms with Crippen LogP contribution in [0.3, 0.4) is 0 Å². The zero-order valence-electron chi connectivity index (χ0n) is 10.7. The molecule has 1 aromatic heterocycles. The average Bonchev–Trinajstić information content (AvgIpc) is 2.97. The van der Waals surface area contributed by atoms with Crippen molar-refractivity contribution in [1.82, 2.24) is 14.9 Å². The molecule has 0 saturated carbocycles. The van der Waals surface area contributed by atoms with E-state index in [-0.39, 0.29) is 11.3 Å². The Morgan fingerprint density at radius 1 is 1.59 bits per heavy atom. The lowest BCUT2D eigenvalue weighted by atomic mass is 9.88. The molecule has 0 aromatic carbocycles. The molecule has 1 fully saturated rings. The number of hydrogen-bond acceptors (Lipinski definition) is 3. The summed E-state index contributed by atoms with van der Waals surface area (Å²) in [5.74, 6) is 0.777. The minimum absolute atomic E-state index is 0.163. The SMILES string of the molecule is CCCn1ccnc1C(=O)C1(CC)CCCN1. The molecule has 1 N–H and O–H groups in total. The summed E-state index contributed by atoms with van der Waals surface area (Å²) in [6.45, 7) is 5.98. The fourth-order valence-electron chi connectivity index (χ4n) is 2.62. The number of ketones is 1. The first-order valence-electron chi connectivity index (χ1n) is 6.54. The van der Waals surface area contributed by atoms with Crippen LogP contribution in [-0.4, -0.2) is 27.4 Å². The fraction of sp³-hybridized carbons (Fsp3) is 0.692. The van der Waals surface area contributed by atoms with Crippen molar-refractivity contribution < 1.29 is 4.79 Å². The third kappa shape index (κ3) is 2.14. The molecule has 4 heteroatoms. The van der Waals surface area contributed by atoms with E-state index >= 15 is 0 Å². The van der Waals surface area contributed by atoms with Crippen LogP contribution in [0.25, 0.3) is 0 Å². The van der Waals surface area contributed by atoms with Gasteiger partial charge in [-0.15, -0.1) is 0 Å². The maximum absolute atomic E-state index is 12.6. The molecule has 0 aliphatic carbocycles. The summed E-state index contributed by atoms with van der Waals surface area (Å²) in [5.41, 5.74) is -0.364. The number of nitrogens with one attached hydrogen (secondary N) is 1. The molecule has 1 aliphatic rings. The molecule has 94 valence electrons. The minimum atomic E-state index is -0.364. The molecular weight excluding hydrogens is 214 g/mol. The van der Waals surface area contributed by atoms with Gasteiger partial charge in [0.2, 0.25) is 5.78 Å². The smallest absolute Gasteiger partial charge is 0.218 e.